The van der Waals surface area contributed by atoms with Crippen molar-refractivity contribution in [3.8, 4) is 5.75 Å². The van der Waals surface area contributed by atoms with Crippen molar-refractivity contribution in [3.63, 3.8) is 0 Å². The summed E-state index contributed by atoms with van der Waals surface area (Å²) in [5.74, 6) is -0.0934. The summed E-state index contributed by atoms with van der Waals surface area (Å²) in [4.78, 5) is 41.4. The van der Waals surface area contributed by atoms with Crippen LogP contribution in [0.3, 0.4) is 0 Å². The fourth-order valence-electron chi connectivity index (χ4n) is 5.60. The van der Waals surface area contributed by atoms with Gasteiger partial charge < -0.3 is 15.0 Å². The van der Waals surface area contributed by atoms with Gasteiger partial charge in [-0.3, -0.25) is 14.4 Å². The molecule has 0 aromatic heterocycles. The first kappa shape index (κ1) is 24.5. The quantitative estimate of drug-likeness (QED) is 0.509. The van der Waals surface area contributed by atoms with Gasteiger partial charge in [-0.2, -0.15) is 0 Å². The summed E-state index contributed by atoms with van der Waals surface area (Å²) in [6.45, 7) is 1.78. The lowest BCUT2D eigenvalue weighted by atomic mass is 9.71. The molecule has 3 aliphatic rings. The third-order valence-electron chi connectivity index (χ3n) is 7.19. The lowest BCUT2D eigenvalue weighted by Crippen LogP contribution is -2.37. The third kappa shape index (κ3) is 4.64. The van der Waals surface area contributed by atoms with Crippen LogP contribution in [0.25, 0.3) is 0 Å². The van der Waals surface area contributed by atoms with Crippen LogP contribution in [0.2, 0.25) is 0 Å². The maximum Gasteiger partial charge on any atom is 0.262 e. The maximum atomic E-state index is 13.3. The zero-order chi connectivity index (χ0) is 25.4. The Morgan fingerprint density at radius 2 is 1.67 bits per heavy atom. The summed E-state index contributed by atoms with van der Waals surface area (Å²) in [6, 6.07) is 13.2. The molecule has 1 heterocycles. The van der Waals surface area contributed by atoms with Crippen molar-refractivity contribution in [2.24, 2.45) is 0 Å². The minimum absolute atomic E-state index is 0.0844. The number of aryl methyl sites for hydroxylation is 1. The first-order chi connectivity index (χ1) is 17.3. The number of anilines is 1. The fourth-order valence-corrected chi connectivity index (χ4v) is 5.98. The number of hydrogen-bond acceptors (Lipinski definition) is 5. The van der Waals surface area contributed by atoms with Crippen LogP contribution in [-0.2, 0) is 14.4 Å². The maximum absolute atomic E-state index is 13.3. The van der Waals surface area contributed by atoms with Gasteiger partial charge in [-0.25, -0.2) is 0 Å². The molecule has 0 unspecified atom stereocenters. The van der Waals surface area contributed by atoms with Gasteiger partial charge in [-0.1, -0.05) is 28.1 Å². The number of Topliss-reactive ketones (excluding diaryl/α,β-unsaturated/α-hetero) is 2. The molecule has 0 saturated heterocycles. The second-order valence-electron chi connectivity index (χ2n) is 9.65. The molecule has 1 N–H and O–H groups in total. The molecule has 0 spiro atoms. The molecule has 36 heavy (non-hydrogen) atoms. The van der Waals surface area contributed by atoms with Gasteiger partial charge in [0.05, 0.1) is 0 Å². The molecule has 0 bridgehead atoms. The second-order valence-corrected chi connectivity index (χ2v) is 10.6. The largest absolute Gasteiger partial charge is 0.483 e. The summed E-state index contributed by atoms with van der Waals surface area (Å²) in [6.07, 6.45) is 4.19. The Hall–Kier alpha value is -3.19. The van der Waals surface area contributed by atoms with E-state index in [2.05, 4.69) is 26.1 Å². The minimum Gasteiger partial charge on any atom is -0.483 e. The Bertz CT molecular complexity index is 1280. The number of allylic oxidation sites excluding steroid dienone is 4. The van der Waals surface area contributed by atoms with Crippen LogP contribution < -0.4 is 10.1 Å². The van der Waals surface area contributed by atoms with Gasteiger partial charge in [0.1, 0.15) is 5.75 Å². The number of hydrogen-bond donors (Lipinski definition) is 1. The van der Waals surface area contributed by atoms with E-state index in [9.17, 15) is 14.4 Å². The van der Waals surface area contributed by atoms with E-state index in [1.165, 1.54) is 0 Å². The van der Waals surface area contributed by atoms with E-state index in [1.807, 2.05) is 50.4 Å². The average Bonchev–Trinajstić information content (AvgIpc) is 2.84. The van der Waals surface area contributed by atoms with Crippen LogP contribution in [0.4, 0.5) is 5.69 Å². The highest BCUT2D eigenvalue weighted by molar-refractivity contribution is 9.10. The molecule has 5 rings (SSSR count). The number of nitrogens with zero attached hydrogens (tertiary/aromatic N) is 1. The highest BCUT2D eigenvalue weighted by Gasteiger charge is 2.43. The Kier molecular flexibility index (Phi) is 6.84. The van der Waals surface area contributed by atoms with E-state index >= 15 is 0 Å². The molecule has 2 aromatic carbocycles. The average molecular weight is 549 g/mol. The highest BCUT2D eigenvalue weighted by Crippen LogP contribution is 2.50. The van der Waals surface area contributed by atoms with Crippen molar-refractivity contribution in [1.29, 1.82) is 0 Å². The molecule has 7 heteroatoms. The molecule has 186 valence electrons. The van der Waals surface area contributed by atoms with Gasteiger partial charge in [-0.15, -0.1) is 0 Å². The summed E-state index contributed by atoms with van der Waals surface area (Å²) < 4.78 is 6.88. The van der Waals surface area contributed by atoms with Gasteiger partial charge in [0.2, 0.25) is 0 Å². The molecule has 0 radical (unpaired) electrons. The molecular formula is C29H29BrN2O4. The summed E-state index contributed by atoms with van der Waals surface area (Å²) in [5.41, 5.74) is 5.91. The molecule has 0 atom stereocenters. The van der Waals surface area contributed by atoms with Crippen molar-refractivity contribution in [1.82, 2.24) is 4.90 Å². The minimum atomic E-state index is -0.487. The van der Waals surface area contributed by atoms with Crippen LogP contribution in [0.15, 0.2) is 69.5 Å². The molecule has 0 saturated carbocycles. The van der Waals surface area contributed by atoms with Gasteiger partial charge in [0.15, 0.2) is 18.2 Å². The Labute approximate surface area is 219 Å². The Morgan fingerprint density at radius 3 is 2.31 bits per heavy atom. The zero-order valence-electron chi connectivity index (χ0n) is 20.5. The molecule has 1 aliphatic heterocycles. The van der Waals surface area contributed by atoms with Crippen molar-refractivity contribution in [3.05, 3.63) is 80.6 Å². The normalized spacial score (nSPS) is 18.2. The first-order valence-corrected chi connectivity index (χ1v) is 13.2. The predicted octanol–water partition coefficient (Wildman–Crippen LogP) is 5.82. The zero-order valence-corrected chi connectivity index (χ0v) is 22.1. The van der Waals surface area contributed by atoms with Crippen LogP contribution >= 0.6 is 15.9 Å². The standard InChI is InChI=1S/C29H29BrN2O4/c1-17-6-3-7-19(14-17)31-26(35)16-36-25-13-12-18(30)15-20(25)27-28-21(8-4-10-23(28)33)32(2)22-9-5-11-24(34)29(22)27/h3,6-7,12-15,27H,4-5,8-11,16H2,1-2H3,(H,31,35). The SMILES string of the molecule is Cc1cccc(NC(=O)COc2ccc(Br)cc2C2C3=C(CCCC3=O)N(C)C3=C2C(=O)CCC3)c1. The molecule has 2 aliphatic carbocycles. The van der Waals surface area contributed by atoms with Crippen LogP contribution in [-0.4, -0.2) is 36.0 Å². The van der Waals surface area contributed by atoms with E-state index in [0.717, 1.165) is 52.7 Å². The molecule has 0 fully saturated rings. The number of ether oxygens (including phenoxy) is 1. The summed E-state index contributed by atoms with van der Waals surface area (Å²) in [5, 5.41) is 2.87. The monoisotopic (exact) mass is 548 g/mol. The first-order valence-electron chi connectivity index (χ1n) is 12.4. The summed E-state index contributed by atoms with van der Waals surface area (Å²) in [7, 11) is 1.98. The van der Waals surface area contributed by atoms with E-state index in [0.29, 0.717) is 35.4 Å². The van der Waals surface area contributed by atoms with Crippen molar-refractivity contribution >= 4 is 39.1 Å². The molecular weight excluding hydrogens is 520 g/mol. The number of ketones is 2. The second kappa shape index (κ2) is 10.1. The lowest BCUT2D eigenvalue weighted by Gasteiger charge is -2.42. The van der Waals surface area contributed by atoms with E-state index < -0.39 is 5.92 Å². The molecule has 1 amide bonds. The van der Waals surface area contributed by atoms with Crippen LogP contribution in [0.1, 0.15) is 55.6 Å². The summed E-state index contributed by atoms with van der Waals surface area (Å²) >= 11 is 3.56. The predicted molar refractivity (Wildman–Crippen MR) is 142 cm³/mol. The van der Waals surface area contributed by atoms with Gasteiger partial charge in [0, 0.05) is 64.1 Å². The smallest absolute Gasteiger partial charge is 0.262 e. The van der Waals surface area contributed by atoms with Gasteiger partial charge in [0.25, 0.3) is 5.91 Å². The lowest BCUT2D eigenvalue weighted by molar-refractivity contribution is -0.119. The number of nitrogens with one attached hydrogen (secondary N) is 1. The van der Waals surface area contributed by atoms with E-state index in [-0.39, 0.29) is 24.1 Å². The van der Waals surface area contributed by atoms with E-state index in [1.54, 1.807) is 6.07 Å². The topological polar surface area (TPSA) is 75.7 Å². The van der Waals surface area contributed by atoms with Gasteiger partial charge in [-0.05, 0) is 68.5 Å². The van der Waals surface area contributed by atoms with Crippen molar-refractivity contribution < 1.29 is 19.1 Å². The number of amides is 1. The number of carbonyl (C=O) groups is 3. The fraction of sp³-hybridized carbons (Fsp3) is 0.345. The number of benzene rings is 2. The number of halogens is 1. The van der Waals surface area contributed by atoms with Crippen LogP contribution in [0, 0.1) is 6.92 Å². The van der Waals surface area contributed by atoms with Crippen molar-refractivity contribution in [2.75, 3.05) is 19.0 Å². The third-order valence-corrected chi connectivity index (χ3v) is 7.68. The molecule has 6 nitrogen and oxygen atoms in total. The molecule has 2 aromatic rings. The Morgan fingerprint density at radius 1 is 1.00 bits per heavy atom. The Balaban J connectivity index is 1.51. The van der Waals surface area contributed by atoms with E-state index in [4.69, 9.17) is 4.74 Å². The van der Waals surface area contributed by atoms with Crippen LogP contribution in [0.5, 0.6) is 5.75 Å². The van der Waals surface area contributed by atoms with Crippen molar-refractivity contribution in [2.45, 2.75) is 51.4 Å². The highest BCUT2D eigenvalue weighted by atomic mass is 79.9. The number of carbonyl (C=O) groups excluding carboxylic acids is 3. The number of rotatable bonds is 5. The van der Waals surface area contributed by atoms with Gasteiger partial charge >= 0.3 is 0 Å².